The first-order valence-corrected chi connectivity index (χ1v) is 11.6. The van der Waals surface area contributed by atoms with Crippen molar-refractivity contribution in [3.05, 3.63) is 85.1 Å². The van der Waals surface area contributed by atoms with Gasteiger partial charge in [0.05, 0.1) is 29.2 Å². The number of hydrogen-bond donors (Lipinski definition) is 1. The zero-order valence-corrected chi connectivity index (χ0v) is 18.0. The van der Waals surface area contributed by atoms with Crippen molar-refractivity contribution >= 4 is 26.7 Å². The lowest BCUT2D eigenvalue weighted by atomic mass is 10.0. The number of halogens is 2. The first-order valence-electron chi connectivity index (χ1n) is 9.71. The normalized spacial score (nSPS) is 11.7. The Morgan fingerprint density at radius 3 is 2.58 bits per heavy atom. The molecule has 0 atom stereocenters. The molecule has 0 radical (unpaired) electrons. The number of sulfonamides is 1. The molecule has 0 aliphatic carbocycles. The van der Waals surface area contributed by atoms with Crippen LogP contribution in [0.3, 0.4) is 0 Å². The van der Waals surface area contributed by atoms with E-state index in [4.69, 9.17) is 4.42 Å². The van der Waals surface area contributed by atoms with Gasteiger partial charge < -0.3 is 4.42 Å². The molecule has 0 spiro atoms. The van der Waals surface area contributed by atoms with E-state index in [-0.39, 0.29) is 11.3 Å². The molecular weight excluding hydrogens is 450 g/mol. The molecule has 10 heteroatoms. The van der Waals surface area contributed by atoms with E-state index in [0.717, 1.165) is 29.5 Å². The highest BCUT2D eigenvalue weighted by Gasteiger charge is 2.14. The Kier molecular flexibility index (Phi) is 4.94. The summed E-state index contributed by atoms with van der Waals surface area (Å²) < 4.78 is 61.1. The molecule has 1 N–H and O–H groups in total. The summed E-state index contributed by atoms with van der Waals surface area (Å²) in [5.74, 6) is -0.866. The van der Waals surface area contributed by atoms with E-state index in [9.17, 15) is 17.2 Å². The van der Waals surface area contributed by atoms with Crippen LogP contribution in [0, 0.1) is 11.6 Å². The van der Waals surface area contributed by atoms with Crippen molar-refractivity contribution in [2.45, 2.75) is 0 Å². The summed E-state index contributed by atoms with van der Waals surface area (Å²) in [6.07, 6.45) is 5.55. The van der Waals surface area contributed by atoms with Crippen molar-refractivity contribution in [1.29, 1.82) is 0 Å². The van der Waals surface area contributed by atoms with Gasteiger partial charge in [-0.2, -0.15) is 0 Å². The molecule has 5 rings (SSSR count). The first kappa shape index (κ1) is 20.8. The van der Waals surface area contributed by atoms with Crippen molar-refractivity contribution in [2.75, 3.05) is 11.0 Å². The van der Waals surface area contributed by atoms with Gasteiger partial charge in [0.25, 0.3) is 0 Å². The second-order valence-electron chi connectivity index (χ2n) is 7.45. The predicted octanol–water partition coefficient (Wildman–Crippen LogP) is 5.00. The largest absolute Gasteiger partial charge is 0.444 e. The van der Waals surface area contributed by atoms with Crippen molar-refractivity contribution in [3.63, 3.8) is 0 Å². The average Bonchev–Trinajstić information content (AvgIpc) is 3.42. The summed E-state index contributed by atoms with van der Waals surface area (Å²) in [5, 5.41) is 0. The second-order valence-corrected chi connectivity index (χ2v) is 9.20. The lowest BCUT2D eigenvalue weighted by Crippen LogP contribution is -2.10. The van der Waals surface area contributed by atoms with Crippen LogP contribution in [0.1, 0.15) is 0 Å². The maximum absolute atomic E-state index is 14.5. The fourth-order valence-electron chi connectivity index (χ4n) is 3.63. The Labute approximate surface area is 187 Å². The van der Waals surface area contributed by atoms with Crippen LogP contribution in [0.15, 0.2) is 77.9 Å². The highest BCUT2D eigenvalue weighted by Crippen LogP contribution is 2.31. The van der Waals surface area contributed by atoms with E-state index < -0.39 is 21.7 Å². The van der Waals surface area contributed by atoms with Crippen LogP contribution in [0.4, 0.5) is 14.5 Å². The fourth-order valence-corrected chi connectivity index (χ4v) is 4.18. The Hall–Kier alpha value is -4.05. The number of imidazole rings is 1. The number of anilines is 1. The third kappa shape index (κ3) is 4.20. The van der Waals surface area contributed by atoms with Gasteiger partial charge in [-0.3, -0.25) is 9.29 Å². The minimum absolute atomic E-state index is 0.131. The van der Waals surface area contributed by atoms with Gasteiger partial charge in [0.15, 0.2) is 12.2 Å². The third-order valence-electron chi connectivity index (χ3n) is 5.01. The molecule has 2 heterocycles. The molecule has 0 bridgehead atoms. The first-order chi connectivity index (χ1) is 15.8. The Morgan fingerprint density at radius 2 is 1.85 bits per heavy atom. The van der Waals surface area contributed by atoms with Crippen LogP contribution in [0.2, 0.25) is 0 Å². The molecule has 3 aromatic carbocycles. The van der Waals surface area contributed by atoms with E-state index in [0.29, 0.717) is 22.5 Å². The summed E-state index contributed by atoms with van der Waals surface area (Å²) in [6.45, 7) is 0. The number of hydrogen-bond acceptors (Lipinski definition) is 5. The topological polar surface area (TPSA) is 90.0 Å². The van der Waals surface area contributed by atoms with E-state index >= 15 is 0 Å². The standard InChI is InChI=1S/C23H16F2N4O3S/c1-33(30,31)28-17-6-15(19-4-3-16(24)9-20(19)25)7-18(10-17)29-12-27-21-8-14(2-5-22(21)29)23-11-26-13-32-23/h2-13,28H,1H3. The van der Waals surface area contributed by atoms with Crippen LogP contribution in [-0.4, -0.2) is 29.2 Å². The number of rotatable bonds is 5. The van der Waals surface area contributed by atoms with Crippen LogP contribution in [0.25, 0.3) is 39.2 Å². The molecule has 0 unspecified atom stereocenters. The van der Waals surface area contributed by atoms with E-state index in [1.54, 1.807) is 29.2 Å². The van der Waals surface area contributed by atoms with Gasteiger partial charge in [-0.25, -0.2) is 27.2 Å². The van der Waals surface area contributed by atoms with Gasteiger partial charge in [-0.15, -0.1) is 0 Å². The monoisotopic (exact) mass is 466 g/mol. The van der Waals surface area contributed by atoms with Crippen molar-refractivity contribution in [3.8, 4) is 28.1 Å². The molecule has 166 valence electrons. The number of nitrogens with one attached hydrogen (secondary N) is 1. The Balaban J connectivity index is 1.67. The SMILES string of the molecule is CS(=O)(=O)Nc1cc(-c2ccc(F)cc2F)cc(-n2cnc3cc(-c4cnco4)ccc32)c1. The zero-order chi connectivity index (χ0) is 23.2. The van der Waals surface area contributed by atoms with Gasteiger partial charge >= 0.3 is 0 Å². The molecule has 7 nitrogen and oxygen atoms in total. The van der Waals surface area contributed by atoms with Crippen LogP contribution in [0.5, 0.6) is 0 Å². The van der Waals surface area contributed by atoms with Gasteiger partial charge in [0, 0.05) is 22.9 Å². The lowest BCUT2D eigenvalue weighted by molar-refractivity contribution is 0.572. The van der Waals surface area contributed by atoms with Crippen LogP contribution >= 0.6 is 0 Å². The quantitative estimate of drug-likeness (QED) is 0.394. The van der Waals surface area contributed by atoms with Gasteiger partial charge in [-0.1, -0.05) is 0 Å². The molecule has 0 aliphatic rings. The maximum Gasteiger partial charge on any atom is 0.229 e. The summed E-state index contributed by atoms with van der Waals surface area (Å²) >= 11 is 0. The van der Waals surface area contributed by atoms with Crippen molar-refractivity contribution < 1.29 is 21.6 Å². The van der Waals surface area contributed by atoms with Crippen molar-refractivity contribution in [2.24, 2.45) is 0 Å². The molecule has 5 aromatic rings. The Morgan fingerprint density at radius 1 is 1.00 bits per heavy atom. The molecule has 2 aromatic heterocycles. The van der Waals surface area contributed by atoms with E-state index in [1.807, 2.05) is 18.2 Å². The predicted molar refractivity (Wildman–Crippen MR) is 120 cm³/mol. The maximum atomic E-state index is 14.5. The zero-order valence-electron chi connectivity index (χ0n) is 17.2. The number of benzene rings is 3. The lowest BCUT2D eigenvalue weighted by Gasteiger charge is -2.13. The van der Waals surface area contributed by atoms with Gasteiger partial charge in [-0.05, 0) is 54.1 Å². The molecule has 33 heavy (non-hydrogen) atoms. The molecule has 0 saturated heterocycles. The Bertz CT molecular complexity index is 1600. The molecule has 0 saturated carbocycles. The number of nitrogens with zero attached hydrogens (tertiary/aromatic N) is 3. The van der Waals surface area contributed by atoms with Gasteiger partial charge in [0.2, 0.25) is 10.0 Å². The van der Waals surface area contributed by atoms with E-state index in [2.05, 4.69) is 14.7 Å². The summed E-state index contributed by atoms with van der Waals surface area (Å²) in [6, 6.07) is 13.5. The van der Waals surface area contributed by atoms with Crippen LogP contribution in [-0.2, 0) is 10.0 Å². The highest BCUT2D eigenvalue weighted by molar-refractivity contribution is 7.92. The number of aromatic nitrogens is 3. The number of fused-ring (bicyclic) bond motifs is 1. The molecule has 0 amide bonds. The second kappa shape index (κ2) is 7.82. The van der Waals surface area contributed by atoms with Gasteiger partial charge in [0.1, 0.15) is 18.0 Å². The minimum atomic E-state index is -3.60. The third-order valence-corrected chi connectivity index (χ3v) is 5.61. The smallest absolute Gasteiger partial charge is 0.229 e. The van der Waals surface area contributed by atoms with Crippen LogP contribution < -0.4 is 4.72 Å². The fraction of sp³-hybridized carbons (Fsp3) is 0.0435. The molecule has 0 fully saturated rings. The summed E-state index contributed by atoms with van der Waals surface area (Å²) in [7, 11) is -3.60. The summed E-state index contributed by atoms with van der Waals surface area (Å²) in [4.78, 5) is 8.36. The minimum Gasteiger partial charge on any atom is -0.444 e. The van der Waals surface area contributed by atoms with Crippen molar-refractivity contribution in [1.82, 2.24) is 14.5 Å². The summed E-state index contributed by atoms with van der Waals surface area (Å²) in [5.41, 5.74) is 3.47. The molecular formula is C23H16F2N4O3S. The number of oxazole rings is 1. The average molecular weight is 466 g/mol. The molecule has 0 aliphatic heterocycles. The van der Waals surface area contributed by atoms with E-state index in [1.165, 1.54) is 18.5 Å². The highest BCUT2D eigenvalue weighted by atomic mass is 32.2.